The second kappa shape index (κ2) is 6.40. The number of fused-ring (bicyclic) bond motifs is 1. The van der Waals surface area contributed by atoms with Crippen LogP contribution in [0.5, 0.6) is 0 Å². The highest BCUT2D eigenvalue weighted by molar-refractivity contribution is 7.22. The van der Waals surface area contributed by atoms with Gasteiger partial charge in [0.1, 0.15) is 11.5 Å². The van der Waals surface area contributed by atoms with Crippen LogP contribution in [-0.2, 0) is 6.42 Å². The molecule has 5 nitrogen and oxygen atoms in total. The smallest absolute Gasteiger partial charge is 0.354 e. The van der Waals surface area contributed by atoms with Crippen molar-refractivity contribution in [3.63, 3.8) is 0 Å². The van der Waals surface area contributed by atoms with Crippen LogP contribution in [0, 0.1) is 5.82 Å². The predicted molar refractivity (Wildman–Crippen MR) is 95.0 cm³/mol. The highest BCUT2D eigenvalue weighted by Crippen LogP contribution is 2.33. The molecule has 0 amide bonds. The second-order valence-electron chi connectivity index (χ2n) is 6.10. The van der Waals surface area contributed by atoms with Gasteiger partial charge in [-0.25, -0.2) is 19.2 Å². The van der Waals surface area contributed by atoms with Crippen LogP contribution in [0.25, 0.3) is 10.2 Å². The van der Waals surface area contributed by atoms with Gasteiger partial charge in [0.15, 0.2) is 5.13 Å². The van der Waals surface area contributed by atoms with Crippen LogP contribution >= 0.6 is 11.3 Å². The number of hydrogen-bond donors (Lipinski definition) is 1. The summed E-state index contributed by atoms with van der Waals surface area (Å²) in [5.74, 6) is -1.38. The van der Waals surface area contributed by atoms with Crippen LogP contribution in [-0.4, -0.2) is 34.1 Å². The zero-order valence-corrected chi connectivity index (χ0v) is 14.2. The summed E-state index contributed by atoms with van der Waals surface area (Å²) < 4.78 is 14.9. The Morgan fingerprint density at radius 3 is 2.80 bits per heavy atom. The fourth-order valence-electron chi connectivity index (χ4n) is 3.12. The molecule has 0 unspecified atom stereocenters. The maximum atomic E-state index is 14.0. The molecule has 1 aliphatic heterocycles. The quantitative estimate of drug-likeness (QED) is 0.771. The van der Waals surface area contributed by atoms with E-state index in [-0.39, 0.29) is 11.5 Å². The lowest BCUT2D eigenvalue weighted by Gasteiger charge is -2.11. The van der Waals surface area contributed by atoms with Gasteiger partial charge in [-0.3, -0.25) is 0 Å². The van der Waals surface area contributed by atoms with Gasteiger partial charge in [-0.15, -0.1) is 0 Å². The van der Waals surface area contributed by atoms with Crippen LogP contribution in [0.1, 0.15) is 34.6 Å². The molecule has 4 rings (SSSR count). The van der Waals surface area contributed by atoms with Crippen LogP contribution in [0.4, 0.5) is 9.52 Å². The summed E-state index contributed by atoms with van der Waals surface area (Å²) in [5.41, 5.74) is 2.08. The Kier molecular flexibility index (Phi) is 4.09. The van der Waals surface area contributed by atoms with Gasteiger partial charge in [-0.05, 0) is 42.7 Å². The van der Waals surface area contributed by atoms with E-state index in [0.29, 0.717) is 12.1 Å². The van der Waals surface area contributed by atoms with Gasteiger partial charge < -0.3 is 10.0 Å². The Labute approximate surface area is 147 Å². The van der Waals surface area contributed by atoms with E-state index < -0.39 is 5.97 Å². The lowest BCUT2D eigenvalue weighted by Crippen LogP contribution is -2.16. The molecule has 0 bridgehead atoms. The third-order valence-electron chi connectivity index (χ3n) is 4.30. The minimum absolute atomic E-state index is 0.0128. The number of nitrogens with zero attached hydrogens (tertiary/aromatic N) is 3. The molecule has 3 aromatic rings. The molecular formula is C18H16FN3O2S. The third-order valence-corrected chi connectivity index (χ3v) is 5.36. The van der Waals surface area contributed by atoms with Crippen molar-refractivity contribution in [2.45, 2.75) is 19.3 Å². The van der Waals surface area contributed by atoms with Gasteiger partial charge >= 0.3 is 5.97 Å². The van der Waals surface area contributed by atoms with Crippen molar-refractivity contribution in [1.82, 2.24) is 9.97 Å². The van der Waals surface area contributed by atoms with Crippen molar-refractivity contribution in [2.75, 3.05) is 18.0 Å². The van der Waals surface area contributed by atoms with E-state index in [2.05, 4.69) is 9.88 Å². The fourth-order valence-corrected chi connectivity index (χ4v) is 4.21. The second-order valence-corrected chi connectivity index (χ2v) is 7.11. The molecule has 0 spiro atoms. The summed E-state index contributed by atoms with van der Waals surface area (Å²) >= 11 is 1.50. The monoisotopic (exact) mass is 357 g/mol. The summed E-state index contributed by atoms with van der Waals surface area (Å²) in [6, 6.07) is 7.82. The number of carbonyl (C=O) groups is 1. The summed E-state index contributed by atoms with van der Waals surface area (Å²) in [6.07, 6.45) is 2.66. The molecule has 3 heterocycles. The maximum Gasteiger partial charge on any atom is 0.354 e. The largest absolute Gasteiger partial charge is 0.477 e. The van der Waals surface area contributed by atoms with Crippen molar-refractivity contribution in [1.29, 1.82) is 0 Å². The summed E-state index contributed by atoms with van der Waals surface area (Å²) in [5, 5.41) is 10.00. The van der Waals surface area contributed by atoms with Gasteiger partial charge in [0.2, 0.25) is 0 Å². The van der Waals surface area contributed by atoms with E-state index in [4.69, 9.17) is 10.1 Å². The van der Waals surface area contributed by atoms with E-state index >= 15 is 0 Å². The zero-order chi connectivity index (χ0) is 17.4. The summed E-state index contributed by atoms with van der Waals surface area (Å²) in [4.78, 5) is 22.2. The maximum absolute atomic E-state index is 14.0. The highest BCUT2D eigenvalue weighted by atomic mass is 32.1. The Morgan fingerprint density at radius 2 is 2.04 bits per heavy atom. The van der Waals surface area contributed by atoms with E-state index in [1.54, 1.807) is 12.1 Å². The van der Waals surface area contributed by atoms with Gasteiger partial charge in [0, 0.05) is 25.2 Å². The van der Waals surface area contributed by atoms with Crippen LogP contribution in [0.2, 0.25) is 0 Å². The Bertz CT molecular complexity index is 951. The Balaban J connectivity index is 1.73. The number of hydrogen-bond acceptors (Lipinski definition) is 5. The third kappa shape index (κ3) is 3.19. The number of carboxylic acid groups (broad SMARTS) is 1. The molecular weight excluding hydrogens is 341 g/mol. The van der Waals surface area contributed by atoms with Gasteiger partial charge in [-0.1, -0.05) is 17.4 Å². The fraction of sp³-hybridized carbons (Fsp3) is 0.278. The molecule has 7 heteroatoms. The first kappa shape index (κ1) is 16.0. The molecule has 2 aromatic heterocycles. The Hall–Kier alpha value is -2.54. The number of carboxylic acids is 1. The van der Waals surface area contributed by atoms with E-state index in [1.165, 1.54) is 29.5 Å². The van der Waals surface area contributed by atoms with E-state index in [1.807, 2.05) is 0 Å². The number of pyridine rings is 1. The van der Waals surface area contributed by atoms with Crippen molar-refractivity contribution in [3.8, 4) is 0 Å². The van der Waals surface area contributed by atoms with Gasteiger partial charge in [-0.2, -0.15) is 0 Å². The number of anilines is 1. The summed E-state index contributed by atoms with van der Waals surface area (Å²) in [6.45, 7) is 1.97. The number of aromatic carboxylic acids is 1. The van der Waals surface area contributed by atoms with Gasteiger partial charge in [0.25, 0.3) is 0 Å². The standard InChI is InChI=1S/C18H16FN3O2S/c19-12-8-11(9-13-4-3-5-14(20-13)17(23)24)16-15(10-12)25-18(21-16)22-6-1-2-7-22/h3-5,8,10H,1-2,6-7,9H2,(H,23,24). The average molecular weight is 357 g/mol. The minimum Gasteiger partial charge on any atom is -0.477 e. The first-order chi connectivity index (χ1) is 12.1. The number of benzene rings is 1. The lowest BCUT2D eigenvalue weighted by atomic mass is 10.1. The lowest BCUT2D eigenvalue weighted by molar-refractivity contribution is 0.0690. The van der Waals surface area contributed by atoms with Crippen molar-refractivity contribution >= 4 is 32.7 Å². The van der Waals surface area contributed by atoms with E-state index in [0.717, 1.165) is 46.8 Å². The number of thiazole rings is 1. The van der Waals surface area contributed by atoms with Crippen molar-refractivity contribution in [3.05, 3.63) is 53.1 Å². The van der Waals surface area contributed by atoms with Gasteiger partial charge in [0.05, 0.1) is 10.2 Å². The van der Waals surface area contributed by atoms with Crippen molar-refractivity contribution < 1.29 is 14.3 Å². The first-order valence-corrected chi connectivity index (χ1v) is 8.95. The molecule has 1 N–H and O–H groups in total. The molecule has 1 aromatic carbocycles. The topological polar surface area (TPSA) is 66.3 Å². The first-order valence-electron chi connectivity index (χ1n) is 8.13. The van der Waals surface area contributed by atoms with Crippen molar-refractivity contribution in [2.24, 2.45) is 0 Å². The average Bonchev–Trinajstić information content (AvgIpc) is 3.24. The van der Waals surface area contributed by atoms with Crippen LogP contribution < -0.4 is 4.90 Å². The molecule has 1 fully saturated rings. The number of aromatic nitrogens is 2. The minimum atomic E-state index is -1.07. The SMILES string of the molecule is O=C(O)c1cccc(Cc2cc(F)cc3sc(N4CCCC4)nc23)n1. The zero-order valence-electron chi connectivity index (χ0n) is 13.4. The number of rotatable bonds is 4. The Morgan fingerprint density at radius 1 is 1.24 bits per heavy atom. The molecule has 25 heavy (non-hydrogen) atoms. The molecule has 0 atom stereocenters. The molecule has 0 saturated carbocycles. The molecule has 0 aliphatic carbocycles. The molecule has 1 aliphatic rings. The van der Waals surface area contributed by atoms with Crippen LogP contribution in [0.3, 0.4) is 0 Å². The number of halogens is 1. The predicted octanol–water partition coefficient (Wildman–Crippen LogP) is 3.72. The molecule has 1 saturated heterocycles. The van der Waals surface area contributed by atoms with E-state index in [9.17, 15) is 9.18 Å². The summed E-state index contributed by atoms with van der Waals surface area (Å²) in [7, 11) is 0. The molecule has 128 valence electrons. The normalized spacial score (nSPS) is 14.4. The van der Waals surface area contributed by atoms with Crippen LogP contribution in [0.15, 0.2) is 30.3 Å². The molecule has 0 radical (unpaired) electrons. The highest BCUT2D eigenvalue weighted by Gasteiger charge is 2.18.